The molecule has 0 aromatic heterocycles. The lowest BCUT2D eigenvalue weighted by molar-refractivity contribution is 0.454. The molecule has 0 bridgehead atoms. The SMILES string of the molecule is Nc1ccc(S(=O)(=O)Nc2ccc3c(c2)Sc2ccccc2O3)cc1. The number of rotatable bonds is 3. The molecule has 1 aliphatic heterocycles. The summed E-state index contributed by atoms with van der Waals surface area (Å²) in [4.78, 5) is 2.01. The van der Waals surface area contributed by atoms with Crippen molar-refractivity contribution in [3.05, 3.63) is 66.7 Å². The Balaban J connectivity index is 1.62. The van der Waals surface area contributed by atoms with Gasteiger partial charge in [0.25, 0.3) is 10.0 Å². The molecule has 0 atom stereocenters. The Morgan fingerprint density at radius 2 is 1.60 bits per heavy atom. The van der Waals surface area contributed by atoms with Gasteiger partial charge in [-0.15, -0.1) is 0 Å². The van der Waals surface area contributed by atoms with Crippen LogP contribution in [-0.2, 0) is 10.0 Å². The molecule has 0 unspecified atom stereocenters. The molecular formula is C18H14N2O3S2. The van der Waals surface area contributed by atoms with Crippen LogP contribution in [0.1, 0.15) is 0 Å². The standard InChI is InChI=1S/C18H14N2O3S2/c19-12-5-8-14(9-6-12)25(21,22)20-13-7-10-16-18(11-13)24-17-4-2-1-3-15(17)23-16/h1-11,20H,19H2. The number of hydrogen-bond acceptors (Lipinski definition) is 5. The van der Waals surface area contributed by atoms with E-state index >= 15 is 0 Å². The van der Waals surface area contributed by atoms with Gasteiger partial charge in [-0.25, -0.2) is 8.42 Å². The normalized spacial score (nSPS) is 12.6. The van der Waals surface area contributed by atoms with Crippen molar-refractivity contribution in [2.24, 2.45) is 0 Å². The van der Waals surface area contributed by atoms with Crippen molar-refractivity contribution in [3.63, 3.8) is 0 Å². The highest BCUT2D eigenvalue weighted by molar-refractivity contribution is 7.99. The Morgan fingerprint density at radius 3 is 2.40 bits per heavy atom. The van der Waals surface area contributed by atoms with Crippen LogP contribution < -0.4 is 15.2 Å². The Bertz CT molecular complexity index is 1050. The van der Waals surface area contributed by atoms with Gasteiger partial charge in [-0.1, -0.05) is 23.9 Å². The molecule has 0 fully saturated rings. The van der Waals surface area contributed by atoms with Gasteiger partial charge in [-0.3, -0.25) is 4.72 Å². The van der Waals surface area contributed by atoms with E-state index in [1.54, 1.807) is 42.1 Å². The van der Waals surface area contributed by atoms with Crippen molar-refractivity contribution in [2.75, 3.05) is 10.5 Å². The summed E-state index contributed by atoms with van der Waals surface area (Å²) in [5, 5.41) is 0. The summed E-state index contributed by atoms with van der Waals surface area (Å²) in [7, 11) is -3.67. The molecule has 126 valence electrons. The first kappa shape index (κ1) is 15.9. The topological polar surface area (TPSA) is 81.4 Å². The maximum Gasteiger partial charge on any atom is 0.261 e. The van der Waals surface area contributed by atoms with E-state index < -0.39 is 10.0 Å². The first-order valence-electron chi connectivity index (χ1n) is 7.48. The number of benzene rings is 3. The number of nitrogens with two attached hydrogens (primary N) is 1. The van der Waals surface area contributed by atoms with Gasteiger partial charge in [-0.05, 0) is 54.6 Å². The van der Waals surface area contributed by atoms with Crippen molar-refractivity contribution in [1.29, 1.82) is 0 Å². The van der Waals surface area contributed by atoms with Crippen LogP contribution in [0.5, 0.6) is 11.5 Å². The summed E-state index contributed by atoms with van der Waals surface area (Å²) in [5.74, 6) is 1.51. The second-order valence-electron chi connectivity index (χ2n) is 5.49. The van der Waals surface area contributed by atoms with Crippen LogP contribution in [0, 0.1) is 0 Å². The second kappa shape index (κ2) is 6.02. The third-order valence-electron chi connectivity index (χ3n) is 3.68. The minimum Gasteiger partial charge on any atom is -0.455 e. The Hall–Kier alpha value is -2.64. The van der Waals surface area contributed by atoms with Crippen LogP contribution in [0.25, 0.3) is 0 Å². The number of fused-ring (bicyclic) bond motifs is 2. The van der Waals surface area contributed by atoms with Crippen LogP contribution in [0.3, 0.4) is 0 Å². The van der Waals surface area contributed by atoms with Crippen molar-refractivity contribution < 1.29 is 13.2 Å². The minimum atomic E-state index is -3.67. The summed E-state index contributed by atoms with van der Waals surface area (Å²) in [6.45, 7) is 0. The summed E-state index contributed by atoms with van der Waals surface area (Å²) in [6.07, 6.45) is 0. The van der Waals surface area contributed by atoms with E-state index in [-0.39, 0.29) is 4.90 Å². The molecule has 25 heavy (non-hydrogen) atoms. The minimum absolute atomic E-state index is 0.161. The van der Waals surface area contributed by atoms with Gasteiger partial charge >= 0.3 is 0 Å². The van der Waals surface area contributed by atoms with E-state index in [0.29, 0.717) is 17.1 Å². The Morgan fingerprint density at radius 1 is 0.880 bits per heavy atom. The first-order valence-corrected chi connectivity index (χ1v) is 9.78. The van der Waals surface area contributed by atoms with E-state index in [9.17, 15) is 8.42 Å². The molecule has 0 radical (unpaired) electrons. The number of hydrogen-bond donors (Lipinski definition) is 2. The zero-order valence-electron chi connectivity index (χ0n) is 13.0. The summed E-state index contributed by atoms with van der Waals surface area (Å²) < 4.78 is 33.4. The molecule has 7 heteroatoms. The second-order valence-corrected chi connectivity index (χ2v) is 8.25. The van der Waals surface area contributed by atoms with Gasteiger partial charge in [0.15, 0.2) is 0 Å². The molecule has 0 aliphatic carbocycles. The smallest absolute Gasteiger partial charge is 0.261 e. The number of anilines is 2. The van der Waals surface area contributed by atoms with Crippen LogP contribution in [-0.4, -0.2) is 8.42 Å². The fourth-order valence-electron chi connectivity index (χ4n) is 2.45. The zero-order valence-corrected chi connectivity index (χ0v) is 14.6. The molecule has 1 heterocycles. The highest BCUT2D eigenvalue weighted by Crippen LogP contribution is 2.47. The third-order valence-corrected chi connectivity index (χ3v) is 6.17. The van der Waals surface area contributed by atoms with E-state index in [1.165, 1.54) is 12.1 Å². The predicted octanol–water partition coefficient (Wildman–Crippen LogP) is 4.33. The third kappa shape index (κ3) is 3.16. The van der Waals surface area contributed by atoms with Gasteiger partial charge in [-0.2, -0.15) is 0 Å². The lowest BCUT2D eigenvalue weighted by atomic mass is 10.3. The molecule has 4 rings (SSSR count). The molecule has 5 nitrogen and oxygen atoms in total. The lowest BCUT2D eigenvalue weighted by Gasteiger charge is -2.20. The van der Waals surface area contributed by atoms with Crippen LogP contribution in [0.2, 0.25) is 0 Å². The number of nitrogen functional groups attached to an aromatic ring is 1. The summed E-state index contributed by atoms with van der Waals surface area (Å²) in [6, 6.07) is 19.0. The maximum atomic E-state index is 12.5. The molecule has 0 saturated heterocycles. The predicted molar refractivity (Wildman–Crippen MR) is 98.7 cm³/mol. The lowest BCUT2D eigenvalue weighted by Crippen LogP contribution is -2.13. The van der Waals surface area contributed by atoms with Crippen molar-refractivity contribution >= 4 is 33.2 Å². The van der Waals surface area contributed by atoms with Gasteiger partial charge in [0.2, 0.25) is 0 Å². The van der Waals surface area contributed by atoms with Gasteiger partial charge in [0, 0.05) is 5.69 Å². The monoisotopic (exact) mass is 370 g/mol. The average Bonchev–Trinajstić information content (AvgIpc) is 2.60. The number of sulfonamides is 1. The fraction of sp³-hybridized carbons (Fsp3) is 0. The Kier molecular flexibility index (Phi) is 3.82. The highest BCUT2D eigenvalue weighted by atomic mass is 32.2. The molecule has 0 spiro atoms. The summed E-state index contributed by atoms with van der Waals surface area (Å²) in [5.41, 5.74) is 6.60. The average molecular weight is 370 g/mol. The molecule has 1 aliphatic rings. The number of para-hydroxylation sites is 1. The van der Waals surface area contributed by atoms with Crippen LogP contribution in [0.4, 0.5) is 11.4 Å². The molecule has 3 aromatic rings. The quantitative estimate of drug-likeness (QED) is 0.525. The summed E-state index contributed by atoms with van der Waals surface area (Å²) >= 11 is 1.54. The highest BCUT2D eigenvalue weighted by Gasteiger charge is 2.19. The molecule has 0 amide bonds. The van der Waals surface area contributed by atoms with Crippen LogP contribution >= 0.6 is 11.8 Å². The van der Waals surface area contributed by atoms with Crippen molar-refractivity contribution in [3.8, 4) is 11.5 Å². The van der Waals surface area contributed by atoms with Gasteiger partial charge in [0.05, 0.1) is 20.4 Å². The van der Waals surface area contributed by atoms with Crippen LogP contribution in [0.15, 0.2) is 81.4 Å². The first-order chi connectivity index (χ1) is 12.0. The van der Waals surface area contributed by atoms with E-state index in [2.05, 4.69) is 4.72 Å². The fourth-order valence-corrected chi connectivity index (χ4v) is 4.49. The van der Waals surface area contributed by atoms with E-state index in [4.69, 9.17) is 10.5 Å². The van der Waals surface area contributed by atoms with E-state index in [0.717, 1.165) is 15.5 Å². The molecule has 3 aromatic carbocycles. The Labute approximate surface area is 149 Å². The van der Waals surface area contributed by atoms with Crippen molar-refractivity contribution in [2.45, 2.75) is 14.7 Å². The molecule has 3 N–H and O–H groups in total. The zero-order chi connectivity index (χ0) is 17.4. The largest absolute Gasteiger partial charge is 0.455 e. The molecule has 0 saturated carbocycles. The van der Waals surface area contributed by atoms with Gasteiger partial charge in [0.1, 0.15) is 11.5 Å². The van der Waals surface area contributed by atoms with Gasteiger partial charge < -0.3 is 10.5 Å². The number of ether oxygens (including phenoxy) is 1. The van der Waals surface area contributed by atoms with Crippen molar-refractivity contribution in [1.82, 2.24) is 0 Å². The molecular weight excluding hydrogens is 356 g/mol. The van der Waals surface area contributed by atoms with E-state index in [1.807, 2.05) is 24.3 Å². The number of nitrogens with one attached hydrogen (secondary N) is 1. The maximum absolute atomic E-state index is 12.5.